The molecule has 34 valence electrons. The molecule has 0 N–H and O–H groups in total. The van der Waals surface area contributed by atoms with Gasteiger partial charge < -0.3 is 13.8 Å². The van der Waals surface area contributed by atoms with E-state index in [2.05, 4.69) is 13.8 Å². The Bertz CT molecular complexity index is 3.90. The smallest absolute Gasteiger partial charge is 0.346 e. The average Bonchev–Trinajstić information content (AvgIpc) is 1.46. The van der Waals surface area contributed by atoms with Crippen molar-refractivity contribution < 1.29 is 19.5 Å². The molecule has 0 radical (unpaired) electrons. The summed E-state index contributed by atoms with van der Waals surface area (Å²) < 4.78 is 0. The van der Waals surface area contributed by atoms with Crippen LogP contribution in [0.1, 0.15) is 20.3 Å². The van der Waals surface area contributed by atoms with Crippen LogP contribution >= 0.6 is 0 Å². The molecule has 6 heavy (non-hydrogen) atoms. The molecule has 0 aliphatic heterocycles. The van der Waals surface area contributed by atoms with E-state index in [1.54, 1.807) is 6.92 Å². The van der Waals surface area contributed by atoms with Crippen LogP contribution in [0.2, 0.25) is 0 Å². The summed E-state index contributed by atoms with van der Waals surface area (Å²) in [5.41, 5.74) is 0. The molecule has 0 heterocycles. The molecule has 0 fully saturated rings. The van der Waals surface area contributed by atoms with Gasteiger partial charge in [0, 0.05) is 0 Å². The van der Waals surface area contributed by atoms with Gasteiger partial charge in [0.1, 0.15) is 0 Å². The van der Waals surface area contributed by atoms with E-state index in [0.717, 1.165) is 6.42 Å². The van der Waals surface area contributed by atoms with Gasteiger partial charge >= 0.3 is 19.5 Å². The van der Waals surface area contributed by atoms with Gasteiger partial charge in [-0.25, -0.2) is 0 Å². The predicted octanol–water partition coefficient (Wildman–Crippen LogP) is 2.07. The zero-order chi connectivity index (χ0) is 4.71. The molecule has 1 heteroatoms. The summed E-state index contributed by atoms with van der Waals surface area (Å²) in [4.78, 5) is 0. The van der Waals surface area contributed by atoms with Gasteiger partial charge in [0.25, 0.3) is 0 Å². The Labute approximate surface area is 54.1 Å². The molecule has 0 bridgehead atoms. The van der Waals surface area contributed by atoms with E-state index >= 15 is 0 Å². The van der Waals surface area contributed by atoms with Crippen LogP contribution in [0.25, 0.3) is 0 Å². The van der Waals surface area contributed by atoms with Crippen LogP contribution in [0.4, 0.5) is 0 Å². The fourth-order valence-corrected chi connectivity index (χ4v) is 0. The molecule has 0 aromatic rings. The van der Waals surface area contributed by atoms with Crippen LogP contribution in [0.3, 0.4) is 0 Å². The van der Waals surface area contributed by atoms with Crippen LogP contribution in [-0.4, -0.2) is 0 Å². The third kappa shape index (κ3) is 156. The second-order valence-corrected chi connectivity index (χ2v) is 0.500. The third-order valence-corrected chi connectivity index (χ3v) is 0. The zero-order valence-corrected chi connectivity index (χ0v) is 7.80. The Balaban J connectivity index is -0.0000000275. The first-order valence-corrected chi connectivity index (χ1v) is 1.91. The largest absolute Gasteiger partial charge is 2.00 e. The Morgan fingerprint density at radius 2 is 1.33 bits per heavy atom. The molecule has 0 unspecified atom stereocenters. The minimum atomic E-state index is 0. The van der Waals surface area contributed by atoms with Gasteiger partial charge in [0.05, 0.1) is 0 Å². The minimum absolute atomic E-state index is 0. The molecule has 0 aliphatic rings. The normalized spacial score (nSPS) is 4.00. The van der Waals surface area contributed by atoms with E-state index in [4.69, 9.17) is 0 Å². The van der Waals surface area contributed by atoms with Crippen molar-refractivity contribution in [3.05, 3.63) is 13.8 Å². The molecule has 0 atom stereocenters. The Kier molecular flexibility index (Phi) is 121. The molecule has 0 aromatic carbocycles. The SMILES string of the molecule is [CH2-]C.[CH2-]CC.[Zn+2]. The zero-order valence-electron chi connectivity index (χ0n) is 4.83. The maximum atomic E-state index is 3.49. The summed E-state index contributed by atoms with van der Waals surface area (Å²) in [6.45, 7) is 10.5. The summed E-state index contributed by atoms with van der Waals surface area (Å²) in [5, 5.41) is 0. The molecule has 0 saturated carbocycles. The van der Waals surface area contributed by atoms with Crippen molar-refractivity contribution in [1.82, 2.24) is 0 Å². The Morgan fingerprint density at radius 1 is 1.33 bits per heavy atom. The van der Waals surface area contributed by atoms with Crippen LogP contribution in [0.5, 0.6) is 0 Å². The quantitative estimate of drug-likeness (QED) is 0.354. The fraction of sp³-hybridized carbons (Fsp3) is 0.600. The fourth-order valence-electron chi connectivity index (χ4n) is 0. The molecular formula is C5H12Zn. The molecular weight excluding hydrogens is 125 g/mol. The van der Waals surface area contributed by atoms with Crippen LogP contribution < -0.4 is 0 Å². The van der Waals surface area contributed by atoms with Crippen LogP contribution in [0.15, 0.2) is 0 Å². The van der Waals surface area contributed by atoms with Crippen LogP contribution in [0, 0.1) is 13.8 Å². The Hall–Kier alpha value is 0.623. The maximum Gasteiger partial charge on any atom is 2.00 e. The minimum Gasteiger partial charge on any atom is -0.346 e. The van der Waals surface area contributed by atoms with E-state index < -0.39 is 0 Å². The molecule has 0 aliphatic carbocycles. The third-order valence-electron chi connectivity index (χ3n) is 0. The van der Waals surface area contributed by atoms with Crippen molar-refractivity contribution in [1.29, 1.82) is 0 Å². The molecule has 0 rings (SSSR count). The second kappa shape index (κ2) is 45.6. The maximum absolute atomic E-state index is 3.49. The first kappa shape index (κ1) is 16.0. The van der Waals surface area contributed by atoms with Crippen molar-refractivity contribution >= 4 is 0 Å². The summed E-state index contributed by atoms with van der Waals surface area (Å²) >= 11 is 0. The van der Waals surface area contributed by atoms with Gasteiger partial charge in [-0.3, -0.25) is 0 Å². The number of hydrogen-bond acceptors (Lipinski definition) is 0. The van der Waals surface area contributed by atoms with Gasteiger partial charge in [0.2, 0.25) is 0 Å². The van der Waals surface area contributed by atoms with E-state index in [9.17, 15) is 0 Å². The van der Waals surface area contributed by atoms with E-state index in [1.165, 1.54) is 0 Å². The molecule has 0 aromatic heterocycles. The summed E-state index contributed by atoms with van der Waals surface area (Å²) in [5.74, 6) is 0. The van der Waals surface area contributed by atoms with Gasteiger partial charge in [-0.15, -0.1) is 0 Å². The van der Waals surface area contributed by atoms with Crippen molar-refractivity contribution in [3.63, 3.8) is 0 Å². The van der Waals surface area contributed by atoms with Crippen molar-refractivity contribution in [2.45, 2.75) is 20.3 Å². The van der Waals surface area contributed by atoms with E-state index in [1.807, 2.05) is 6.92 Å². The molecule has 0 spiro atoms. The summed E-state index contributed by atoms with van der Waals surface area (Å²) in [6, 6.07) is 0. The standard InChI is InChI=1S/C3H7.C2H5.Zn/c1-3-2;1-2;/h1,3H2,2H3;1H2,2H3;/q2*-1;+2. The van der Waals surface area contributed by atoms with E-state index in [-0.39, 0.29) is 19.5 Å². The van der Waals surface area contributed by atoms with Gasteiger partial charge in [0.15, 0.2) is 0 Å². The van der Waals surface area contributed by atoms with Crippen LogP contribution in [-0.2, 0) is 19.5 Å². The first-order chi connectivity index (χ1) is 2.41. The summed E-state index contributed by atoms with van der Waals surface area (Å²) in [7, 11) is 0. The summed E-state index contributed by atoms with van der Waals surface area (Å²) in [6.07, 6.45) is 1.00. The van der Waals surface area contributed by atoms with Crippen molar-refractivity contribution in [3.8, 4) is 0 Å². The van der Waals surface area contributed by atoms with Gasteiger partial charge in [-0.2, -0.15) is 13.3 Å². The topological polar surface area (TPSA) is 0 Å². The van der Waals surface area contributed by atoms with Crippen molar-refractivity contribution in [2.75, 3.05) is 0 Å². The average molecular weight is 138 g/mol. The number of hydrogen-bond donors (Lipinski definition) is 0. The van der Waals surface area contributed by atoms with Gasteiger partial charge in [-0.1, -0.05) is 6.92 Å². The predicted molar refractivity (Wildman–Crippen MR) is 26.7 cm³/mol. The number of rotatable bonds is 0. The molecule has 0 nitrogen and oxygen atoms in total. The molecule has 0 amide bonds. The first-order valence-electron chi connectivity index (χ1n) is 1.91. The van der Waals surface area contributed by atoms with Crippen molar-refractivity contribution in [2.24, 2.45) is 0 Å². The molecule has 0 saturated heterocycles. The monoisotopic (exact) mass is 136 g/mol. The van der Waals surface area contributed by atoms with Gasteiger partial charge in [-0.05, 0) is 0 Å². The van der Waals surface area contributed by atoms with E-state index in [0.29, 0.717) is 0 Å². The Morgan fingerprint density at radius 3 is 1.33 bits per heavy atom. The second-order valence-electron chi connectivity index (χ2n) is 0.500.